The molecule has 0 unspecified atom stereocenters. The van der Waals surface area contributed by atoms with Gasteiger partial charge in [0.05, 0.1) is 11.8 Å². The molecule has 1 aromatic carbocycles. The molecule has 0 saturated heterocycles. The zero-order valence-electron chi connectivity index (χ0n) is 13.7. The lowest BCUT2D eigenvalue weighted by molar-refractivity contribution is -0.133. The second-order valence-corrected chi connectivity index (χ2v) is 6.75. The summed E-state index contributed by atoms with van der Waals surface area (Å²) in [5.41, 5.74) is -0.981. The summed E-state index contributed by atoms with van der Waals surface area (Å²) >= 11 is 6.11. The van der Waals surface area contributed by atoms with Crippen molar-refractivity contribution in [2.75, 3.05) is 0 Å². The number of pyridine rings is 1. The Bertz CT molecular complexity index is 827. The molecule has 0 bridgehead atoms. The van der Waals surface area contributed by atoms with Crippen molar-refractivity contribution in [3.63, 3.8) is 0 Å². The van der Waals surface area contributed by atoms with Crippen LogP contribution >= 0.6 is 11.6 Å². The van der Waals surface area contributed by atoms with E-state index in [1.165, 1.54) is 24.4 Å². The quantitative estimate of drug-likeness (QED) is 0.874. The van der Waals surface area contributed by atoms with Gasteiger partial charge in [0.15, 0.2) is 11.5 Å². The molecular formula is C19H18ClF2NO2. The van der Waals surface area contributed by atoms with Crippen LogP contribution in [-0.4, -0.2) is 15.9 Å². The zero-order chi connectivity index (χ0) is 18.2. The lowest BCUT2D eigenvalue weighted by Crippen LogP contribution is -2.37. The number of Topliss-reactive ketones (excluding diaryl/α,β-unsaturated/α-hetero) is 1. The van der Waals surface area contributed by atoms with E-state index in [2.05, 4.69) is 4.98 Å². The minimum absolute atomic E-state index is 0.0228. The number of ketones is 1. The Morgan fingerprint density at radius 3 is 2.96 bits per heavy atom. The highest BCUT2D eigenvalue weighted by molar-refractivity contribution is 6.32. The molecule has 0 amide bonds. The summed E-state index contributed by atoms with van der Waals surface area (Å²) in [4.78, 5) is 16.6. The van der Waals surface area contributed by atoms with E-state index in [4.69, 9.17) is 11.6 Å². The molecule has 0 radical (unpaired) electrons. The van der Waals surface area contributed by atoms with E-state index in [1.54, 1.807) is 13.0 Å². The normalized spacial score (nSPS) is 22.5. The van der Waals surface area contributed by atoms with Gasteiger partial charge >= 0.3 is 0 Å². The Morgan fingerprint density at radius 2 is 2.20 bits per heavy atom. The second kappa shape index (κ2) is 6.81. The summed E-state index contributed by atoms with van der Waals surface area (Å²) in [6.45, 7) is 1.74. The zero-order valence-corrected chi connectivity index (χ0v) is 14.5. The monoisotopic (exact) mass is 365 g/mol. The molecule has 25 heavy (non-hydrogen) atoms. The van der Waals surface area contributed by atoms with Crippen molar-refractivity contribution >= 4 is 17.4 Å². The first-order chi connectivity index (χ1) is 11.8. The standard InChI is InChI=1S/C19H18ClF2NO2/c1-11-4-6-14(21)12(17(11)20)5-7-16(25)19(22)9-8-15(24)18-13(19)3-2-10-23-18/h2-4,6,10,15,24H,5,7-9H2,1H3/t15-,19-/m0/s1. The predicted octanol–water partition coefficient (Wildman–Crippen LogP) is 4.38. The van der Waals surface area contributed by atoms with Gasteiger partial charge in [-0.05, 0) is 43.9 Å². The van der Waals surface area contributed by atoms with E-state index in [-0.39, 0.29) is 47.5 Å². The Balaban J connectivity index is 1.85. The molecule has 0 aliphatic heterocycles. The van der Waals surface area contributed by atoms with Gasteiger partial charge in [0.2, 0.25) is 0 Å². The third-order valence-electron chi connectivity index (χ3n) is 4.77. The van der Waals surface area contributed by atoms with E-state index in [0.29, 0.717) is 5.56 Å². The second-order valence-electron chi connectivity index (χ2n) is 6.37. The maximum Gasteiger partial charge on any atom is 0.195 e. The molecule has 1 aliphatic rings. The Kier molecular flexibility index (Phi) is 4.89. The molecule has 1 N–H and O–H groups in total. The van der Waals surface area contributed by atoms with E-state index < -0.39 is 23.4 Å². The highest BCUT2D eigenvalue weighted by atomic mass is 35.5. The molecule has 3 nitrogen and oxygen atoms in total. The lowest BCUT2D eigenvalue weighted by atomic mass is 9.77. The van der Waals surface area contributed by atoms with Crippen molar-refractivity contribution in [1.29, 1.82) is 0 Å². The number of halogens is 3. The lowest BCUT2D eigenvalue weighted by Gasteiger charge is -2.32. The van der Waals surface area contributed by atoms with Crippen LogP contribution in [0.5, 0.6) is 0 Å². The third-order valence-corrected chi connectivity index (χ3v) is 5.29. The SMILES string of the molecule is Cc1ccc(F)c(CCC(=O)[C@]2(F)CC[C@H](O)c3ncccc32)c1Cl. The topological polar surface area (TPSA) is 50.2 Å². The number of benzene rings is 1. The van der Waals surface area contributed by atoms with Crippen molar-refractivity contribution in [2.24, 2.45) is 0 Å². The first-order valence-corrected chi connectivity index (χ1v) is 8.51. The highest BCUT2D eigenvalue weighted by Gasteiger charge is 2.45. The average molecular weight is 366 g/mol. The van der Waals surface area contributed by atoms with Gasteiger partial charge in [0, 0.05) is 28.8 Å². The molecule has 0 spiro atoms. The fourth-order valence-corrected chi connectivity index (χ4v) is 3.54. The summed E-state index contributed by atoms with van der Waals surface area (Å²) in [6.07, 6.45) is 0.425. The molecule has 1 heterocycles. The van der Waals surface area contributed by atoms with Crippen molar-refractivity contribution in [3.05, 3.63) is 63.7 Å². The molecule has 0 fully saturated rings. The van der Waals surface area contributed by atoms with Gasteiger partial charge < -0.3 is 5.11 Å². The number of carbonyl (C=O) groups is 1. The number of hydrogen-bond acceptors (Lipinski definition) is 3. The van der Waals surface area contributed by atoms with Gasteiger partial charge in [-0.1, -0.05) is 23.7 Å². The molecule has 1 aromatic heterocycles. The Morgan fingerprint density at radius 1 is 1.44 bits per heavy atom. The molecule has 1 aliphatic carbocycles. The van der Waals surface area contributed by atoms with Gasteiger partial charge in [-0.15, -0.1) is 0 Å². The fourth-order valence-electron chi connectivity index (χ4n) is 3.30. The van der Waals surface area contributed by atoms with Crippen LogP contribution in [0.4, 0.5) is 8.78 Å². The van der Waals surface area contributed by atoms with Gasteiger partial charge in [0.25, 0.3) is 0 Å². The van der Waals surface area contributed by atoms with E-state index in [1.807, 2.05) is 0 Å². The Hall–Kier alpha value is -1.85. The molecular weight excluding hydrogens is 348 g/mol. The van der Waals surface area contributed by atoms with Crippen LogP contribution in [0.2, 0.25) is 5.02 Å². The smallest absolute Gasteiger partial charge is 0.195 e. The minimum atomic E-state index is -2.21. The van der Waals surface area contributed by atoms with Crippen LogP contribution in [0.3, 0.4) is 0 Å². The van der Waals surface area contributed by atoms with Crippen LogP contribution in [0.25, 0.3) is 0 Å². The number of hydrogen-bond donors (Lipinski definition) is 1. The maximum absolute atomic E-state index is 15.5. The predicted molar refractivity (Wildman–Crippen MR) is 90.7 cm³/mol. The fraction of sp³-hybridized carbons (Fsp3) is 0.368. The number of rotatable bonds is 4. The van der Waals surface area contributed by atoms with Gasteiger partial charge in [0.1, 0.15) is 5.82 Å². The van der Waals surface area contributed by atoms with Crippen molar-refractivity contribution < 1.29 is 18.7 Å². The molecule has 2 aromatic rings. The largest absolute Gasteiger partial charge is 0.387 e. The van der Waals surface area contributed by atoms with Gasteiger partial charge in [-0.2, -0.15) is 0 Å². The van der Waals surface area contributed by atoms with E-state index in [0.717, 1.165) is 0 Å². The Labute approximate surface area is 149 Å². The third kappa shape index (κ3) is 3.18. The van der Waals surface area contributed by atoms with Crippen LogP contribution in [0.1, 0.15) is 47.8 Å². The molecule has 3 rings (SSSR count). The summed E-state index contributed by atoms with van der Waals surface area (Å²) in [6, 6.07) is 5.87. The van der Waals surface area contributed by atoms with Gasteiger partial charge in [-0.3, -0.25) is 9.78 Å². The summed E-state index contributed by atoms with van der Waals surface area (Å²) in [5, 5.41) is 10.2. The minimum Gasteiger partial charge on any atom is -0.387 e. The number of alkyl halides is 1. The first-order valence-electron chi connectivity index (χ1n) is 8.13. The molecule has 132 valence electrons. The van der Waals surface area contributed by atoms with Crippen LogP contribution in [0, 0.1) is 12.7 Å². The van der Waals surface area contributed by atoms with E-state index in [9.17, 15) is 14.3 Å². The number of carbonyl (C=O) groups excluding carboxylic acids is 1. The van der Waals surface area contributed by atoms with Crippen molar-refractivity contribution in [3.8, 4) is 0 Å². The maximum atomic E-state index is 15.5. The van der Waals surface area contributed by atoms with Gasteiger partial charge in [-0.25, -0.2) is 8.78 Å². The number of aliphatic hydroxyl groups is 1. The average Bonchev–Trinajstić information content (AvgIpc) is 2.61. The highest BCUT2D eigenvalue weighted by Crippen LogP contribution is 2.43. The number of aryl methyl sites for hydroxylation is 1. The van der Waals surface area contributed by atoms with Crippen LogP contribution < -0.4 is 0 Å². The number of aromatic nitrogens is 1. The number of fused-ring (bicyclic) bond motifs is 1. The van der Waals surface area contributed by atoms with Crippen molar-refractivity contribution in [2.45, 2.75) is 44.4 Å². The summed E-state index contributed by atoms with van der Waals surface area (Å²) < 4.78 is 29.5. The van der Waals surface area contributed by atoms with Crippen molar-refractivity contribution in [1.82, 2.24) is 4.98 Å². The van der Waals surface area contributed by atoms with E-state index >= 15 is 4.39 Å². The molecule has 0 saturated carbocycles. The van der Waals surface area contributed by atoms with Crippen LogP contribution in [-0.2, 0) is 16.9 Å². The molecule has 6 heteroatoms. The number of aliphatic hydroxyl groups excluding tert-OH is 1. The first kappa shape index (κ1) is 18.0. The number of nitrogens with zero attached hydrogens (tertiary/aromatic N) is 1. The summed E-state index contributed by atoms with van der Waals surface area (Å²) in [5.74, 6) is -1.15. The molecule has 2 atom stereocenters. The van der Waals surface area contributed by atoms with Crippen LogP contribution in [0.15, 0.2) is 30.5 Å². The summed E-state index contributed by atoms with van der Waals surface area (Å²) in [7, 11) is 0.